The zero-order valence-corrected chi connectivity index (χ0v) is 15.8. The Hall–Kier alpha value is -2.73. The van der Waals surface area contributed by atoms with Gasteiger partial charge in [0.25, 0.3) is 0 Å². The first kappa shape index (κ1) is 19.0. The lowest BCUT2D eigenvalue weighted by atomic mass is 10.1. The molecule has 142 valence electrons. The highest BCUT2D eigenvalue weighted by molar-refractivity contribution is 6.30. The maximum atomic E-state index is 12.3. The third kappa shape index (κ3) is 5.14. The summed E-state index contributed by atoms with van der Waals surface area (Å²) in [4.78, 5) is 26.0. The van der Waals surface area contributed by atoms with Crippen LogP contribution in [0.5, 0.6) is 5.75 Å². The topological polar surface area (TPSA) is 70.7 Å². The Morgan fingerprint density at radius 3 is 2.52 bits per heavy atom. The highest BCUT2D eigenvalue weighted by Gasteiger charge is 2.30. The number of benzene rings is 2. The first-order chi connectivity index (χ1) is 13.0. The number of hydrogen-bond acceptors (Lipinski definition) is 3. The van der Waals surface area contributed by atoms with E-state index >= 15 is 0 Å². The fraction of sp³-hybridized carbons (Fsp3) is 0.300. The van der Waals surface area contributed by atoms with Crippen LogP contribution in [-0.4, -0.2) is 32.1 Å². The molecule has 2 N–H and O–H groups in total. The molecule has 0 aromatic heterocycles. The number of anilines is 1. The van der Waals surface area contributed by atoms with Crippen molar-refractivity contribution in [3.63, 3.8) is 0 Å². The van der Waals surface area contributed by atoms with E-state index in [1.54, 1.807) is 24.1 Å². The molecule has 1 atom stereocenters. The van der Waals surface area contributed by atoms with Crippen molar-refractivity contribution >= 4 is 29.2 Å². The van der Waals surface area contributed by atoms with Gasteiger partial charge >= 0.3 is 6.03 Å². The highest BCUT2D eigenvalue weighted by Crippen LogP contribution is 2.26. The smallest absolute Gasteiger partial charge is 0.315 e. The molecule has 2 aromatic rings. The summed E-state index contributed by atoms with van der Waals surface area (Å²) in [7, 11) is 1.61. The van der Waals surface area contributed by atoms with Crippen LogP contribution in [0.4, 0.5) is 10.5 Å². The number of carbonyl (C=O) groups is 2. The second-order valence-electron chi connectivity index (χ2n) is 6.46. The van der Waals surface area contributed by atoms with Crippen LogP contribution in [0.15, 0.2) is 48.5 Å². The molecule has 0 radical (unpaired) electrons. The van der Waals surface area contributed by atoms with E-state index in [2.05, 4.69) is 10.6 Å². The minimum atomic E-state index is -0.250. The van der Waals surface area contributed by atoms with Crippen molar-refractivity contribution in [2.45, 2.75) is 13.0 Å². The van der Waals surface area contributed by atoms with Crippen LogP contribution >= 0.6 is 11.6 Å². The second kappa shape index (κ2) is 8.77. The molecule has 0 unspecified atom stereocenters. The number of rotatable bonds is 6. The Balaban J connectivity index is 1.45. The van der Waals surface area contributed by atoms with Gasteiger partial charge in [0.1, 0.15) is 5.75 Å². The van der Waals surface area contributed by atoms with E-state index < -0.39 is 0 Å². The van der Waals surface area contributed by atoms with Crippen LogP contribution in [-0.2, 0) is 11.3 Å². The SMILES string of the molecule is COc1ccc(N2C[C@@H](CNC(=O)NCc3ccc(Cl)cc3)CC2=O)cc1. The monoisotopic (exact) mass is 387 g/mol. The Labute approximate surface area is 163 Å². The molecular formula is C20H22ClN3O3. The molecule has 6 nitrogen and oxygen atoms in total. The van der Waals surface area contributed by atoms with Crippen molar-refractivity contribution in [3.05, 3.63) is 59.1 Å². The molecule has 1 saturated heterocycles. The number of hydrogen-bond donors (Lipinski definition) is 2. The Morgan fingerprint density at radius 2 is 1.85 bits per heavy atom. The van der Waals surface area contributed by atoms with Crippen molar-refractivity contribution in [2.24, 2.45) is 5.92 Å². The number of ether oxygens (including phenoxy) is 1. The predicted octanol–water partition coefficient (Wildman–Crippen LogP) is 3.20. The maximum absolute atomic E-state index is 12.3. The van der Waals surface area contributed by atoms with E-state index in [9.17, 15) is 9.59 Å². The molecule has 0 saturated carbocycles. The van der Waals surface area contributed by atoms with Crippen molar-refractivity contribution < 1.29 is 14.3 Å². The summed E-state index contributed by atoms with van der Waals surface area (Å²) < 4.78 is 5.14. The molecule has 1 aliphatic rings. The maximum Gasteiger partial charge on any atom is 0.315 e. The van der Waals surface area contributed by atoms with Gasteiger partial charge in [-0.2, -0.15) is 0 Å². The minimum Gasteiger partial charge on any atom is -0.497 e. The number of amides is 3. The van der Waals surface area contributed by atoms with Gasteiger partial charge in [-0.25, -0.2) is 4.79 Å². The lowest BCUT2D eigenvalue weighted by Gasteiger charge is -2.17. The quantitative estimate of drug-likeness (QED) is 0.799. The first-order valence-corrected chi connectivity index (χ1v) is 9.13. The molecule has 0 aliphatic carbocycles. The number of methoxy groups -OCH3 is 1. The molecule has 7 heteroatoms. The number of urea groups is 1. The third-order valence-electron chi connectivity index (χ3n) is 4.51. The van der Waals surface area contributed by atoms with Crippen LogP contribution < -0.4 is 20.3 Å². The summed E-state index contributed by atoms with van der Waals surface area (Å²) >= 11 is 5.84. The van der Waals surface area contributed by atoms with Gasteiger partial charge in [0.2, 0.25) is 5.91 Å². The predicted molar refractivity (Wildman–Crippen MR) is 105 cm³/mol. The van der Waals surface area contributed by atoms with E-state index in [1.807, 2.05) is 36.4 Å². The van der Waals surface area contributed by atoms with E-state index in [4.69, 9.17) is 16.3 Å². The Bertz CT molecular complexity index is 793. The molecule has 3 rings (SSSR count). The second-order valence-corrected chi connectivity index (χ2v) is 6.90. The lowest BCUT2D eigenvalue weighted by molar-refractivity contribution is -0.117. The van der Waals surface area contributed by atoms with Crippen molar-refractivity contribution in [2.75, 3.05) is 25.1 Å². The van der Waals surface area contributed by atoms with Gasteiger partial charge in [-0.3, -0.25) is 4.79 Å². The average molecular weight is 388 g/mol. The van der Waals surface area contributed by atoms with E-state index in [1.165, 1.54) is 0 Å². The molecule has 3 amide bonds. The minimum absolute atomic E-state index is 0.0635. The molecule has 2 aromatic carbocycles. The van der Waals surface area contributed by atoms with Crippen LogP contribution in [0.2, 0.25) is 5.02 Å². The number of carbonyl (C=O) groups excluding carboxylic acids is 2. The standard InChI is InChI=1S/C20H22ClN3O3/c1-27-18-8-6-17(7-9-18)24-13-15(10-19(24)25)12-23-20(26)22-11-14-2-4-16(21)5-3-14/h2-9,15H,10-13H2,1H3,(H2,22,23,26)/t15-/m1/s1. The lowest BCUT2D eigenvalue weighted by Crippen LogP contribution is -2.38. The van der Waals surface area contributed by atoms with E-state index in [0.29, 0.717) is 31.1 Å². The van der Waals surface area contributed by atoms with Gasteiger partial charge in [-0.15, -0.1) is 0 Å². The fourth-order valence-electron chi connectivity index (χ4n) is 3.01. The molecule has 1 aliphatic heterocycles. The summed E-state index contributed by atoms with van der Waals surface area (Å²) in [5.41, 5.74) is 1.81. The normalized spacial score (nSPS) is 16.3. The van der Waals surface area contributed by atoms with Crippen molar-refractivity contribution in [1.29, 1.82) is 0 Å². The summed E-state index contributed by atoms with van der Waals surface area (Å²) in [5, 5.41) is 6.31. The van der Waals surface area contributed by atoms with Gasteiger partial charge in [-0.05, 0) is 42.0 Å². The van der Waals surface area contributed by atoms with Gasteiger partial charge in [0.15, 0.2) is 0 Å². The van der Waals surface area contributed by atoms with Crippen LogP contribution in [0.1, 0.15) is 12.0 Å². The summed E-state index contributed by atoms with van der Waals surface area (Å²) in [6.07, 6.45) is 0.420. The number of halogens is 1. The van der Waals surface area contributed by atoms with Gasteiger partial charge in [0, 0.05) is 42.7 Å². The van der Waals surface area contributed by atoms with Crippen LogP contribution in [0.3, 0.4) is 0 Å². The zero-order valence-electron chi connectivity index (χ0n) is 15.1. The number of nitrogens with one attached hydrogen (secondary N) is 2. The molecule has 27 heavy (non-hydrogen) atoms. The molecule has 1 fully saturated rings. The largest absolute Gasteiger partial charge is 0.497 e. The van der Waals surface area contributed by atoms with Crippen molar-refractivity contribution in [1.82, 2.24) is 10.6 Å². The summed E-state index contributed by atoms with van der Waals surface area (Å²) in [6.45, 7) is 1.46. The first-order valence-electron chi connectivity index (χ1n) is 8.75. The van der Waals surface area contributed by atoms with Crippen LogP contribution in [0, 0.1) is 5.92 Å². The molecule has 1 heterocycles. The Morgan fingerprint density at radius 1 is 1.15 bits per heavy atom. The molecule has 0 bridgehead atoms. The van der Waals surface area contributed by atoms with Gasteiger partial charge in [0.05, 0.1) is 7.11 Å². The number of nitrogens with zero attached hydrogens (tertiary/aromatic N) is 1. The van der Waals surface area contributed by atoms with E-state index in [0.717, 1.165) is 17.0 Å². The summed E-state index contributed by atoms with van der Waals surface area (Å²) in [5.74, 6) is 0.899. The Kier molecular flexibility index (Phi) is 6.19. The van der Waals surface area contributed by atoms with Crippen LogP contribution in [0.25, 0.3) is 0 Å². The average Bonchev–Trinajstić information content (AvgIpc) is 3.06. The van der Waals surface area contributed by atoms with Crippen molar-refractivity contribution in [3.8, 4) is 5.75 Å². The zero-order chi connectivity index (χ0) is 19.2. The highest BCUT2D eigenvalue weighted by atomic mass is 35.5. The van der Waals surface area contributed by atoms with E-state index in [-0.39, 0.29) is 17.9 Å². The molecular weight excluding hydrogens is 366 g/mol. The van der Waals surface area contributed by atoms with Gasteiger partial charge in [-0.1, -0.05) is 23.7 Å². The molecule has 0 spiro atoms. The van der Waals surface area contributed by atoms with Gasteiger partial charge < -0.3 is 20.3 Å². The third-order valence-corrected chi connectivity index (χ3v) is 4.76. The fourth-order valence-corrected chi connectivity index (χ4v) is 3.14. The summed E-state index contributed by atoms with van der Waals surface area (Å²) in [6, 6.07) is 14.5.